The van der Waals surface area contributed by atoms with Crippen LogP contribution in [0.5, 0.6) is 0 Å². The highest BCUT2D eigenvalue weighted by molar-refractivity contribution is 7.57. The summed E-state index contributed by atoms with van der Waals surface area (Å²) in [6, 6.07) is 0. The fourth-order valence-electron chi connectivity index (χ4n) is 1.09. The molecule has 48 valence electrons. The quantitative estimate of drug-likeness (QED) is 0.491. The van der Waals surface area contributed by atoms with Crippen molar-refractivity contribution in [3.8, 4) is 0 Å². The zero-order valence-electron chi connectivity index (χ0n) is 5.55. The first-order chi connectivity index (χ1) is 3.83. The third-order valence-corrected chi connectivity index (χ3v) is 3.73. The van der Waals surface area contributed by atoms with E-state index in [4.69, 9.17) is 4.74 Å². The zero-order valence-corrected chi connectivity index (χ0v) is 6.45. The summed E-state index contributed by atoms with van der Waals surface area (Å²) in [6.45, 7) is 2.36. The molecule has 1 rings (SSSR count). The Morgan fingerprint density at radius 3 is 2.62 bits per heavy atom. The lowest BCUT2D eigenvalue weighted by atomic mass is 10.3. The van der Waals surface area contributed by atoms with Crippen molar-refractivity contribution < 1.29 is 4.74 Å². The van der Waals surface area contributed by atoms with E-state index in [2.05, 4.69) is 6.66 Å². The summed E-state index contributed by atoms with van der Waals surface area (Å²) in [5.74, 6) is 0. The SMILES string of the molecule is COC1CCP(C)C1. The number of hydrogen-bond acceptors (Lipinski definition) is 1. The maximum atomic E-state index is 5.20. The van der Waals surface area contributed by atoms with Gasteiger partial charge < -0.3 is 4.74 Å². The Bertz CT molecular complexity index is 74.9. The molecule has 2 atom stereocenters. The van der Waals surface area contributed by atoms with Crippen molar-refractivity contribution in [1.29, 1.82) is 0 Å². The van der Waals surface area contributed by atoms with Gasteiger partial charge in [0.1, 0.15) is 0 Å². The molecule has 0 aromatic heterocycles. The average Bonchev–Trinajstić information content (AvgIpc) is 2.14. The van der Waals surface area contributed by atoms with Crippen molar-refractivity contribution in [1.82, 2.24) is 0 Å². The minimum Gasteiger partial charge on any atom is -0.381 e. The molecule has 2 unspecified atom stereocenters. The standard InChI is InChI=1S/C6H13OP/c1-7-6-3-4-8(2)5-6/h6H,3-5H2,1-2H3. The van der Waals surface area contributed by atoms with Crippen LogP contribution in [0.4, 0.5) is 0 Å². The van der Waals surface area contributed by atoms with E-state index in [9.17, 15) is 0 Å². The molecule has 0 saturated carbocycles. The fourth-order valence-corrected chi connectivity index (χ4v) is 3.03. The van der Waals surface area contributed by atoms with Gasteiger partial charge in [0.05, 0.1) is 6.10 Å². The van der Waals surface area contributed by atoms with Crippen molar-refractivity contribution >= 4 is 7.92 Å². The Morgan fingerprint density at radius 2 is 2.38 bits per heavy atom. The van der Waals surface area contributed by atoms with Gasteiger partial charge in [0.15, 0.2) is 0 Å². The molecule has 0 spiro atoms. The Hall–Kier alpha value is 0.390. The summed E-state index contributed by atoms with van der Waals surface area (Å²) in [7, 11) is 2.18. The largest absolute Gasteiger partial charge is 0.381 e. The first-order valence-electron chi connectivity index (χ1n) is 3.04. The Morgan fingerprint density at radius 1 is 1.62 bits per heavy atom. The number of rotatable bonds is 1. The van der Waals surface area contributed by atoms with Gasteiger partial charge in [0.25, 0.3) is 0 Å². The van der Waals surface area contributed by atoms with E-state index in [1.165, 1.54) is 18.7 Å². The second kappa shape index (κ2) is 2.80. The molecule has 0 radical (unpaired) electrons. The lowest BCUT2D eigenvalue weighted by molar-refractivity contribution is 0.124. The monoisotopic (exact) mass is 132 g/mol. The number of hydrogen-bond donors (Lipinski definition) is 0. The Kier molecular flexibility index (Phi) is 2.27. The lowest BCUT2D eigenvalue weighted by Crippen LogP contribution is -2.06. The van der Waals surface area contributed by atoms with Crippen molar-refractivity contribution in [2.45, 2.75) is 12.5 Å². The van der Waals surface area contributed by atoms with E-state index in [1.54, 1.807) is 0 Å². The highest BCUT2D eigenvalue weighted by atomic mass is 31.1. The number of methoxy groups -OCH3 is 1. The van der Waals surface area contributed by atoms with Gasteiger partial charge in [-0.25, -0.2) is 0 Å². The van der Waals surface area contributed by atoms with Gasteiger partial charge in [-0.1, -0.05) is 0 Å². The predicted octanol–water partition coefficient (Wildman–Crippen LogP) is 1.52. The molecule has 1 nitrogen and oxygen atoms in total. The van der Waals surface area contributed by atoms with Crippen molar-refractivity contribution in [2.75, 3.05) is 26.1 Å². The molecule has 0 aliphatic carbocycles. The third-order valence-electron chi connectivity index (χ3n) is 1.68. The first-order valence-corrected chi connectivity index (χ1v) is 5.20. The number of ether oxygens (including phenoxy) is 1. The molecule has 2 heteroatoms. The van der Waals surface area contributed by atoms with Gasteiger partial charge in [-0.15, -0.1) is 7.92 Å². The molecule has 1 saturated heterocycles. The molecule has 0 N–H and O–H groups in total. The van der Waals surface area contributed by atoms with Crippen molar-refractivity contribution in [3.63, 3.8) is 0 Å². The fraction of sp³-hybridized carbons (Fsp3) is 1.00. The summed E-state index contributed by atoms with van der Waals surface area (Å²) in [5.41, 5.74) is 0. The molecule has 1 aliphatic heterocycles. The molecule has 1 aliphatic rings. The van der Waals surface area contributed by atoms with Crippen molar-refractivity contribution in [2.24, 2.45) is 0 Å². The normalized spacial score (nSPS) is 38.2. The molecule has 1 heterocycles. The van der Waals surface area contributed by atoms with Crippen LogP contribution in [-0.2, 0) is 4.74 Å². The maximum absolute atomic E-state index is 5.20. The van der Waals surface area contributed by atoms with Gasteiger partial charge in [-0.05, 0) is 25.4 Å². The van der Waals surface area contributed by atoms with Gasteiger partial charge in [0.2, 0.25) is 0 Å². The highest BCUT2D eigenvalue weighted by Gasteiger charge is 2.19. The van der Waals surface area contributed by atoms with E-state index < -0.39 is 0 Å². The molecular formula is C6H13OP. The van der Waals surface area contributed by atoms with Crippen LogP contribution in [0.2, 0.25) is 0 Å². The molecular weight excluding hydrogens is 119 g/mol. The van der Waals surface area contributed by atoms with Crippen LogP contribution in [0.15, 0.2) is 0 Å². The minimum absolute atomic E-state index is 0.365. The van der Waals surface area contributed by atoms with E-state index >= 15 is 0 Å². The molecule has 1 fully saturated rings. The average molecular weight is 132 g/mol. The van der Waals surface area contributed by atoms with Crippen molar-refractivity contribution in [3.05, 3.63) is 0 Å². The van der Waals surface area contributed by atoms with Crippen LogP contribution in [0.3, 0.4) is 0 Å². The molecule has 0 bridgehead atoms. The summed E-state index contributed by atoms with van der Waals surface area (Å²) < 4.78 is 5.20. The van der Waals surface area contributed by atoms with Crippen LogP contribution in [0.1, 0.15) is 6.42 Å². The van der Waals surface area contributed by atoms with Crippen LogP contribution >= 0.6 is 7.92 Å². The van der Waals surface area contributed by atoms with Crippen LogP contribution in [0, 0.1) is 0 Å². The first kappa shape index (κ1) is 6.51. The van der Waals surface area contributed by atoms with Crippen LogP contribution in [0.25, 0.3) is 0 Å². The second-order valence-corrected chi connectivity index (χ2v) is 4.93. The third kappa shape index (κ3) is 1.43. The summed E-state index contributed by atoms with van der Waals surface area (Å²) in [5, 5.41) is 0. The van der Waals surface area contributed by atoms with E-state index in [-0.39, 0.29) is 0 Å². The van der Waals surface area contributed by atoms with Crippen LogP contribution in [-0.4, -0.2) is 32.2 Å². The zero-order chi connectivity index (χ0) is 5.98. The Balaban J connectivity index is 2.22. The molecule has 0 aromatic rings. The summed E-state index contributed by atoms with van der Waals surface area (Å²) in [6.07, 6.45) is 4.67. The summed E-state index contributed by atoms with van der Waals surface area (Å²) in [4.78, 5) is 0. The van der Waals surface area contributed by atoms with Crippen LogP contribution < -0.4 is 0 Å². The van der Waals surface area contributed by atoms with Gasteiger partial charge in [-0.2, -0.15) is 0 Å². The topological polar surface area (TPSA) is 9.23 Å². The van der Waals surface area contributed by atoms with Gasteiger partial charge >= 0.3 is 0 Å². The minimum atomic E-state index is 0.365. The smallest absolute Gasteiger partial charge is 0.0613 e. The molecule has 0 aromatic carbocycles. The van der Waals surface area contributed by atoms with E-state index in [0.29, 0.717) is 14.0 Å². The Labute approximate surface area is 52.2 Å². The highest BCUT2D eigenvalue weighted by Crippen LogP contribution is 2.39. The lowest BCUT2D eigenvalue weighted by Gasteiger charge is -2.04. The molecule has 0 amide bonds. The second-order valence-electron chi connectivity index (χ2n) is 2.41. The molecule has 8 heavy (non-hydrogen) atoms. The van der Waals surface area contributed by atoms with Gasteiger partial charge in [-0.3, -0.25) is 0 Å². The predicted molar refractivity (Wildman–Crippen MR) is 38.0 cm³/mol. The maximum Gasteiger partial charge on any atom is 0.0613 e. The van der Waals surface area contributed by atoms with E-state index in [1.807, 2.05) is 7.11 Å². The van der Waals surface area contributed by atoms with Gasteiger partial charge in [0, 0.05) is 7.11 Å². The van der Waals surface area contributed by atoms with E-state index in [0.717, 1.165) is 0 Å². The summed E-state index contributed by atoms with van der Waals surface area (Å²) >= 11 is 0.